The van der Waals surface area contributed by atoms with Gasteiger partial charge in [0.05, 0.1) is 0 Å². The lowest BCUT2D eigenvalue weighted by Gasteiger charge is -2.16. The fraction of sp³-hybridized carbons (Fsp3) is 0.467. The van der Waals surface area contributed by atoms with Crippen molar-refractivity contribution in [3.05, 3.63) is 35.9 Å². The van der Waals surface area contributed by atoms with Gasteiger partial charge in [-0.05, 0) is 30.9 Å². The molecule has 1 aromatic carbocycles. The highest BCUT2D eigenvalue weighted by Gasteiger charge is 2.23. The zero-order valence-corrected chi connectivity index (χ0v) is 12.1. The summed E-state index contributed by atoms with van der Waals surface area (Å²) >= 11 is 0. The molecule has 0 radical (unpaired) electrons. The summed E-state index contributed by atoms with van der Waals surface area (Å²) in [5, 5.41) is 0. The van der Waals surface area contributed by atoms with Crippen molar-refractivity contribution in [3.63, 3.8) is 0 Å². The van der Waals surface area contributed by atoms with Gasteiger partial charge in [-0.3, -0.25) is 0 Å². The number of hydrogen-bond acceptors (Lipinski definition) is 3. The topological polar surface area (TPSA) is 93.9 Å². The molecule has 1 aliphatic heterocycles. The number of ether oxygens (including phenoxy) is 1. The van der Waals surface area contributed by atoms with Crippen LogP contribution in [0.25, 0.3) is 0 Å². The molecule has 4 N–H and O–H groups in total. The highest BCUT2D eigenvalue weighted by atomic mass is 16.5. The van der Waals surface area contributed by atoms with Crippen LogP contribution in [0.2, 0.25) is 0 Å². The molecular formula is C15H22N4O2. The van der Waals surface area contributed by atoms with Gasteiger partial charge < -0.3 is 21.1 Å². The molecule has 6 heteroatoms. The number of carbonyl (C=O) groups excluding carboxylic acids is 1. The molecule has 1 saturated heterocycles. The van der Waals surface area contributed by atoms with Gasteiger partial charge >= 0.3 is 6.09 Å². The Kier molecular flexibility index (Phi) is 5.57. The second kappa shape index (κ2) is 7.64. The average Bonchev–Trinajstić information content (AvgIpc) is 2.95. The maximum absolute atomic E-state index is 11.7. The van der Waals surface area contributed by atoms with Gasteiger partial charge in [-0.25, -0.2) is 4.79 Å². The van der Waals surface area contributed by atoms with Gasteiger partial charge in [-0.2, -0.15) is 0 Å². The number of rotatable bonds is 4. The van der Waals surface area contributed by atoms with E-state index in [-0.39, 0.29) is 12.6 Å². The molecule has 1 heterocycles. The molecule has 1 fully saturated rings. The van der Waals surface area contributed by atoms with Crippen LogP contribution < -0.4 is 11.5 Å². The van der Waals surface area contributed by atoms with E-state index < -0.39 is 6.09 Å². The van der Waals surface area contributed by atoms with Crippen molar-refractivity contribution in [2.24, 2.45) is 22.4 Å². The van der Waals surface area contributed by atoms with Crippen LogP contribution in [-0.4, -0.2) is 36.6 Å². The molecule has 1 amide bonds. The van der Waals surface area contributed by atoms with Gasteiger partial charge in [0.1, 0.15) is 6.61 Å². The first kappa shape index (κ1) is 15.3. The maximum atomic E-state index is 11.7. The predicted molar refractivity (Wildman–Crippen MR) is 81.6 cm³/mol. The maximum Gasteiger partial charge on any atom is 0.437 e. The summed E-state index contributed by atoms with van der Waals surface area (Å²) in [6.07, 6.45) is 1.35. The number of aliphatic imine (C=N–C) groups is 1. The number of benzene rings is 1. The van der Waals surface area contributed by atoms with Crippen molar-refractivity contribution in [1.29, 1.82) is 0 Å². The third-order valence-electron chi connectivity index (χ3n) is 3.60. The molecule has 0 aliphatic carbocycles. The monoisotopic (exact) mass is 290 g/mol. The average molecular weight is 290 g/mol. The normalized spacial score (nSPS) is 18.8. The number of hydrogen-bond donors (Lipinski definition) is 2. The van der Waals surface area contributed by atoms with Crippen LogP contribution in [0.1, 0.15) is 18.4 Å². The molecule has 114 valence electrons. The third kappa shape index (κ3) is 4.75. The summed E-state index contributed by atoms with van der Waals surface area (Å²) in [6, 6.07) is 9.47. The largest absolute Gasteiger partial charge is 0.443 e. The van der Waals surface area contributed by atoms with E-state index >= 15 is 0 Å². The molecule has 0 spiro atoms. The van der Waals surface area contributed by atoms with E-state index in [0.29, 0.717) is 12.5 Å². The smallest absolute Gasteiger partial charge is 0.437 e. The summed E-state index contributed by atoms with van der Waals surface area (Å²) in [4.78, 5) is 17.4. The molecule has 21 heavy (non-hydrogen) atoms. The lowest BCUT2D eigenvalue weighted by molar-refractivity contribution is 0.150. The lowest BCUT2D eigenvalue weighted by atomic mass is 10.1. The molecule has 1 unspecified atom stereocenters. The van der Waals surface area contributed by atoms with Crippen LogP contribution >= 0.6 is 0 Å². The Morgan fingerprint density at radius 1 is 1.38 bits per heavy atom. The van der Waals surface area contributed by atoms with E-state index in [2.05, 4.69) is 4.99 Å². The fourth-order valence-electron chi connectivity index (χ4n) is 2.43. The third-order valence-corrected chi connectivity index (χ3v) is 3.60. The Balaban J connectivity index is 1.80. The first-order valence-electron chi connectivity index (χ1n) is 7.19. The second-order valence-corrected chi connectivity index (χ2v) is 5.19. The standard InChI is InChI=1S/C15H22N4O2/c16-8-6-12-7-9-19(10-12)14(17)18-15(20)21-11-13-4-2-1-3-5-13/h1-5,12H,6-11,16H2,(H2,17,18,20). The van der Waals surface area contributed by atoms with Crippen LogP contribution in [0.4, 0.5) is 4.79 Å². The van der Waals surface area contributed by atoms with Crippen molar-refractivity contribution in [3.8, 4) is 0 Å². The first-order valence-corrected chi connectivity index (χ1v) is 7.19. The Bertz CT molecular complexity index is 490. The Morgan fingerprint density at radius 2 is 2.14 bits per heavy atom. The molecule has 0 saturated carbocycles. The lowest BCUT2D eigenvalue weighted by Crippen LogP contribution is -2.36. The van der Waals surface area contributed by atoms with Gasteiger partial charge in [0, 0.05) is 13.1 Å². The zero-order chi connectivity index (χ0) is 15.1. The fourth-order valence-corrected chi connectivity index (χ4v) is 2.43. The Labute approximate surface area is 124 Å². The van der Waals surface area contributed by atoms with E-state index in [4.69, 9.17) is 16.2 Å². The highest BCUT2D eigenvalue weighted by molar-refractivity contribution is 5.89. The zero-order valence-electron chi connectivity index (χ0n) is 12.1. The molecule has 1 aromatic rings. The minimum absolute atomic E-state index is 0.201. The minimum Gasteiger partial charge on any atom is -0.443 e. The molecule has 2 rings (SSSR count). The van der Waals surface area contributed by atoms with Gasteiger partial charge in [-0.15, -0.1) is 4.99 Å². The molecule has 0 aromatic heterocycles. The summed E-state index contributed by atoms with van der Waals surface area (Å²) in [5.41, 5.74) is 12.3. The van der Waals surface area contributed by atoms with Crippen LogP contribution in [0, 0.1) is 5.92 Å². The van der Waals surface area contributed by atoms with Gasteiger partial charge in [0.25, 0.3) is 0 Å². The van der Waals surface area contributed by atoms with Crippen molar-refractivity contribution in [2.45, 2.75) is 19.4 Å². The van der Waals surface area contributed by atoms with Crippen LogP contribution in [0.3, 0.4) is 0 Å². The Morgan fingerprint density at radius 3 is 2.86 bits per heavy atom. The predicted octanol–water partition coefficient (Wildman–Crippen LogP) is 1.31. The first-order chi connectivity index (χ1) is 10.2. The quantitative estimate of drug-likeness (QED) is 0.644. The summed E-state index contributed by atoms with van der Waals surface area (Å²) in [6.45, 7) is 2.49. The number of nitrogens with zero attached hydrogens (tertiary/aromatic N) is 2. The molecule has 1 aliphatic rings. The number of amides is 1. The van der Waals surface area contributed by atoms with Gasteiger partial charge in [-0.1, -0.05) is 30.3 Å². The van der Waals surface area contributed by atoms with E-state index in [0.717, 1.165) is 31.5 Å². The number of nitrogens with two attached hydrogens (primary N) is 2. The van der Waals surface area contributed by atoms with Gasteiger partial charge in [0.2, 0.25) is 5.96 Å². The Hall–Kier alpha value is -2.08. The van der Waals surface area contributed by atoms with Crippen molar-refractivity contribution < 1.29 is 9.53 Å². The van der Waals surface area contributed by atoms with E-state index in [9.17, 15) is 4.79 Å². The summed E-state index contributed by atoms with van der Waals surface area (Å²) < 4.78 is 5.08. The number of likely N-dealkylation sites (tertiary alicyclic amines) is 1. The van der Waals surface area contributed by atoms with E-state index in [1.807, 2.05) is 35.2 Å². The summed E-state index contributed by atoms with van der Waals surface area (Å²) in [7, 11) is 0. The minimum atomic E-state index is -0.654. The molecular weight excluding hydrogens is 268 g/mol. The SMILES string of the molecule is NCCC1CCN(C(N)=NC(=O)OCc2ccccc2)C1. The second-order valence-electron chi connectivity index (χ2n) is 5.19. The van der Waals surface area contributed by atoms with Crippen molar-refractivity contribution in [2.75, 3.05) is 19.6 Å². The van der Waals surface area contributed by atoms with Gasteiger partial charge in [0.15, 0.2) is 0 Å². The summed E-state index contributed by atoms with van der Waals surface area (Å²) in [5.74, 6) is 0.761. The number of guanidine groups is 1. The highest BCUT2D eigenvalue weighted by Crippen LogP contribution is 2.18. The van der Waals surface area contributed by atoms with Crippen LogP contribution in [0.15, 0.2) is 35.3 Å². The molecule has 0 bridgehead atoms. The van der Waals surface area contributed by atoms with E-state index in [1.165, 1.54) is 0 Å². The van der Waals surface area contributed by atoms with Crippen LogP contribution in [-0.2, 0) is 11.3 Å². The molecule has 6 nitrogen and oxygen atoms in total. The molecule has 1 atom stereocenters. The van der Waals surface area contributed by atoms with Crippen LogP contribution in [0.5, 0.6) is 0 Å². The van der Waals surface area contributed by atoms with E-state index in [1.54, 1.807) is 0 Å². The van der Waals surface area contributed by atoms with Crippen molar-refractivity contribution in [1.82, 2.24) is 4.90 Å². The number of carbonyl (C=O) groups is 1. The van der Waals surface area contributed by atoms with Crippen molar-refractivity contribution >= 4 is 12.1 Å².